The highest BCUT2D eigenvalue weighted by Gasteiger charge is 2.35. The molecule has 1 heterocycles. The summed E-state index contributed by atoms with van der Waals surface area (Å²) in [6.07, 6.45) is -0.491. The molecule has 0 aliphatic heterocycles. The van der Waals surface area contributed by atoms with E-state index in [2.05, 4.69) is 15.4 Å². The third-order valence-corrected chi connectivity index (χ3v) is 8.07. The van der Waals surface area contributed by atoms with Crippen LogP contribution in [0.1, 0.15) is 60.5 Å². The second kappa shape index (κ2) is 13.2. The maximum Gasteiger partial charge on any atom is 0.573 e. The number of alkyl halides is 3. The topological polar surface area (TPSA) is 132 Å². The number of rotatable bonds is 11. The Bertz CT molecular complexity index is 1190. The van der Waals surface area contributed by atoms with Gasteiger partial charge in [0.1, 0.15) is 5.75 Å². The highest BCUT2D eigenvalue weighted by Crippen LogP contribution is 2.39. The number of carboxylic acids is 1. The number of anilines is 1. The second-order valence-corrected chi connectivity index (χ2v) is 11.4. The highest BCUT2D eigenvalue weighted by atomic mass is 32.1. The zero-order valence-electron chi connectivity index (χ0n) is 22.2. The minimum absolute atomic E-state index is 0.00192. The van der Waals surface area contributed by atoms with Gasteiger partial charge in [0.15, 0.2) is 0 Å². The lowest BCUT2D eigenvalue weighted by molar-refractivity contribution is -0.274. The van der Waals surface area contributed by atoms with Crippen molar-refractivity contribution in [3.8, 4) is 5.75 Å². The van der Waals surface area contributed by atoms with Crippen molar-refractivity contribution in [2.75, 3.05) is 11.9 Å². The first-order chi connectivity index (χ1) is 18.8. The largest absolute Gasteiger partial charge is 0.573 e. The monoisotopic (exact) mass is 582 g/mol. The molecule has 3 amide bonds. The Morgan fingerprint density at radius 3 is 2.33 bits per heavy atom. The van der Waals surface area contributed by atoms with Crippen molar-refractivity contribution in [2.45, 2.75) is 64.9 Å². The van der Waals surface area contributed by atoms with Crippen molar-refractivity contribution < 1.29 is 37.4 Å². The summed E-state index contributed by atoms with van der Waals surface area (Å²) in [6, 6.07) is 7.69. The van der Waals surface area contributed by atoms with Gasteiger partial charge in [-0.05, 0) is 68.0 Å². The molecular formula is C27H33F3N4O5S. The smallest absolute Gasteiger partial charge is 0.481 e. The highest BCUT2D eigenvalue weighted by molar-refractivity contribution is 7.14. The van der Waals surface area contributed by atoms with Crippen molar-refractivity contribution >= 4 is 41.1 Å². The molecule has 0 spiro atoms. The number of aliphatic carboxylic acids is 1. The summed E-state index contributed by atoms with van der Waals surface area (Å²) in [7, 11) is 0. The van der Waals surface area contributed by atoms with Crippen LogP contribution in [0.4, 0.5) is 23.7 Å². The van der Waals surface area contributed by atoms with E-state index < -0.39 is 30.0 Å². The lowest BCUT2D eigenvalue weighted by atomic mass is 9.70. The fourth-order valence-electron chi connectivity index (χ4n) is 4.67. The molecule has 218 valence electrons. The maximum absolute atomic E-state index is 13.4. The minimum atomic E-state index is -4.82. The average Bonchev–Trinajstić information content (AvgIpc) is 3.36. The van der Waals surface area contributed by atoms with Crippen LogP contribution in [0.15, 0.2) is 36.4 Å². The van der Waals surface area contributed by atoms with Crippen LogP contribution >= 0.6 is 11.3 Å². The van der Waals surface area contributed by atoms with E-state index >= 15 is 0 Å². The van der Waals surface area contributed by atoms with Gasteiger partial charge in [-0.2, -0.15) is 0 Å². The minimum Gasteiger partial charge on any atom is -0.481 e. The number of benzene rings is 1. The fraction of sp³-hybridized carbons (Fsp3) is 0.481. The van der Waals surface area contributed by atoms with Crippen LogP contribution in [0.25, 0.3) is 0 Å². The lowest BCUT2D eigenvalue weighted by Crippen LogP contribution is -2.45. The summed E-state index contributed by atoms with van der Waals surface area (Å²) in [4.78, 5) is 39.3. The molecule has 0 bridgehead atoms. The van der Waals surface area contributed by atoms with Gasteiger partial charge in [0.25, 0.3) is 5.91 Å². The first-order valence-corrected chi connectivity index (χ1v) is 13.6. The van der Waals surface area contributed by atoms with Crippen LogP contribution < -0.4 is 15.4 Å². The first kappa shape index (κ1) is 30.9. The maximum atomic E-state index is 13.4. The van der Waals surface area contributed by atoms with Gasteiger partial charge in [-0.3, -0.25) is 9.59 Å². The van der Waals surface area contributed by atoms with Crippen LogP contribution in [0.5, 0.6) is 5.75 Å². The van der Waals surface area contributed by atoms with E-state index in [1.165, 1.54) is 29.7 Å². The third-order valence-electron chi connectivity index (χ3n) is 7.00. The number of nitrogens with zero attached hydrogens (tertiary/aromatic N) is 1. The average molecular weight is 583 g/mol. The summed E-state index contributed by atoms with van der Waals surface area (Å²) in [5, 5.41) is 21.8. The normalized spacial score (nSPS) is 17.5. The standard InChI is InChI=1S/C27H33F3N4O5S/c1-26(2,16-31)17-3-7-19(8-4-17)34(15-21-11-12-22(40-21)24(37)32-14-13-23(35)36)25(38)33-18-5-9-20(10-6-18)39-27(28,29)30/h5-6,9-12,16-17,19,31H,3-4,7-8,13-15H2,1-2H3,(H,32,37)(H,33,38)(H,35,36). The quantitative estimate of drug-likeness (QED) is 0.237. The van der Waals surface area contributed by atoms with Gasteiger partial charge in [0.2, 0.25) is 0 Å². The van der Waals surface area contributed by atoms with E-state index in [1.54, 1.807) is 17.0 Å². The van der Waals surface area contributed by atoms with Crippen molar-refractivity contribution in [3.05, 3.63) is 46.2 Å². The summed E-state index contributed by atoms with van der Waals surface area (Å²) in [5.41, 5.74) is 0.0439. The van der Waals surface area contributed by atoms with Crippen molar-refractivity contribution in [1.82, 2.24) is 10.2 Å². The van der Waals surface area contributed by atoms with Gasteiger partial charge in [-0.25, -0.2) is 4.79 Å². The number of halogens is 3. The molecule has 1 saturated carbocycles. The number of ether oxygens (including phenoxy) is 1. The van der Waals surface area contributed by atoms with Crippen molar-refractivity contribution in [1.29, 1.82) is 5.41 Å². The molecule has 1 aliphatic carbocycles. The Kier molecular flexibility index (Phi) is 10.2. The molecule has 0 radical (unpaired) electrons. The number of amides is 3. The van der Waals surface area contributed by atoms with E-state index in [0.29, 0.717) is 29.3 Å². The second-order valence-electron chi connectivity index (χ2n) is 10.3. The molecule has 1 aliphatic rings. The third kappa shape index (κ3) is 8.97. The van der Waals surface area contributed by atoms with E-state index in [4.69, 9.17) is 10.5 Å². The summed E-state index contributed by atoms with van der Waals surface area (Å²) in [6.45, 7) is 4.25. The molecular weight excluding hydrogens is 549 g/mol. The van der Waals surface area contributed by atoms with E-state index in [9.17, 15) is 27.6 Å². The molecule has 2 aromatic rings. The van der Waals surface area contributed by atoms with Crippen molar-refractivity contribution in [2.24, 2.45) is 11.3 Å². The molecule has 0 saturated heterocycles. The molecule has 40 heavy (non-hydrogen) atoms. The first-order valence-electron chi connectivity index (χ1n) is 12.8. The number of hydrogen-bond acceptors (Lipinski definition) is 6. The predicted octanol–water partition coefficient (Wildman–Crippen LogP) is 6.12. The molecule has 1 fully saturated rings. The Hall–Kier alpha value is -3.61. The van der Waals surface area contributed by atoms with Gasteiger partial charge < -0.3 is 30.8 Å². The van der Waals surface area contributed by atoms with Crippen LogP contribution in [0.3, 0.4) is 0 Å². The molecule has 1 aromatic heterocycles. The van der Waals surface area contributed by atoms with E-state index in [0.717, 1.165) is 29.9 Å². The predicted molar refractivity (Wildman–Crippen MR) is 145 cm³/mol. The van der Waals surface area contributed by atoms with Crippen molar-refractivity contribution in [3.63, 3.8) is 0 Å². The molecule has 3 rings (SSSR count). The van der Waals surface area contributed by atoms with E-state index in [1.807, 2.05) is 13.8 Å². The number of thiophene rings is 1. The van der Waals surface area contributed by atoms with Crippen LogP contribution in [-0.4, -0.2) is 53.1 Å². The molecule has 9 nitrogen and oxygen atoms in total. The van der Waals surface area contributed by atoms with Gasteiger partial charge in [0, 0.05) is 34.8 Å². The molecule has 0 atom stereocenters. The zero-order chi connectivity index (χ0) is 29.5. The summed E-state index contributed by atoms with van der Waals surface area (Å²) >= 11 is 1.20. The Morgan fingerprint density at radius 2 is 1.75 bits per heavy atom. The molecule has 4 N–H and O–H groups in total. The number of carbonyl (C=O) groups is 3. The number of urea groups is 1. The molecule has 1 aromatic carbocycles. The Balaban J connectivity index is 1.73. The van der Waals surface area contributed by atoms with Gasteiger partial charge >= 0.3 is 18.4 Å². The number of carbonyl (C=O) groups excluding carboxylic acids is 2. The fourth-order valence-corrected chi connectivity index (χ4v) is 5.60. The van der Waals surface area contributed by atoms with Gasteiger partial charge in [0.05, 0.1) is 17.8 Å². The number of carboxylic acid groups (broad SMARTS) is 1. The Morgan fingerprint density at radius 1 is 1.10 bits per heavy atom. The Labute approximate surface area is 234 Å². The number of hydrogen-bond donors (Lipinski definition) is 4. The summed E-state index contributed by atoms with van der Waals surface area (Å²) in [5.74, 6) is -1.52. The van der Waals surface area contributed by atoms with Crippen LogP contribution in [0, 0.1) is 16.7 Å². The number of nitrogens with one attached hydrogen (secondary N) is 3. The molecule has 0 unspecified atom stereocenters. The van der Waals surface area contributed by atoms with Gasteiger partial charge in [-0.15, -0.1) is 24.5 Å². The van der Waals surface area contributed by atoms with Crippen LogP contribution in [0.2, 0.25) is 0 Å². The van der Waals surface area contributed by atoms with Crippen LogP contribution in [-0.2, 0) is 11.3 Å². The lowest BCUT2D eigenvalue weighted by Gasteiger charge is -2.41. The zero-order valence-corrected chi connectivity index (χ0v) is 23.0. The van der Waals surface area contributed by atoms with E-state index in [-0.39, 0.29) is 31.0 Å². The van der Waals surface area contributed by atoms with Gasteiger partial charge in [-0.1, -0.05) is 13.8 Å². The summed E-state index contributed by atoms with van der Waals surface area (Å²) < 4.78 is 41.3. The molecule has 13 heteroatoms. The SMILES string of the molecule is CC(C)(C=N)C1CCC(N(Cc2ccc(C(=O)NCCC(=O)O)s2)C(=O)Nc2ccc(OC(F)(F)F)cc2)CC1.